The van der Waals surface area contributed by atoms with Gasteiger partial charge in [-0.2, -0.15) is 10.1 Å². The Morgan fingerprint density at radius 1 is 1.60 bits per heavy atom. The van der Waals surface area contributed by atoms with Gasteiger partial charge in [-0.05, 0) is 6.42 Å². The van der Waals surface area contributed by atoms with E-state index in [9.17, 15) is 5.11 Å². The largest absolute Gasteiger partial charge is 0.385 e. The molecule has 0 aromatic carbocycles. The molecule has 0 amide bonds. The van der Waals surface area contributed by atoms with E-state index in [4.69, 9.17) is 4.52 Å². The van der Waals surface area contributed by atoms with Gasteiger partial charge in [-0.3, -0.25) is 5.10 Å². The molecule has 0 aliphatic rings. The predicted molar refractivity (Wildman–Crippen MR) is 51.7 cm³/mol. The Balaban J connectivity index is 2.17. The van der Waals surface area contributed by atoms with Crippen molar-refractivity contribution in [3.8, 4) is 11.5 Å². The molecule has 2 aromatic heterocycles. The Morgan fingerprint density at radius 2 is 2.47 bits per heavy atom. The molecule has 2 heterocycles. The van der Waals surface area contributed by atoms with Gasteiger partial charge in [0.15, 0.2) is 0 Å². The normalized spacial score (nSPS) is 12.9. The number of aromatic amines is 1. The van der Waals surface area contributed by atoms with E-state index < -0.39 is 6.10 Å². The van der Waals surface area contributed by atoms with E-state index in [1.165, 1.54) is 0 Å². The molecule has 0 saturated carbocycles. The fourth-order valence-electron chi connectivity index (χ4n) is 1.26. The summed E-state index contributed by atoms with van der Waals surface area (Å²) in [6, 6.07) is 0. The summed E-state index contributed by atoms with van der Waals surface area (Å²) in [6.07, 6.45) is 4.09. The third-order valence-corrected chi connectivity index (χ3v) is 2.05. The molecule has 0 bridgehead atoms. The molecular weight excluding hydrogens is 196 g/mol. The SMILES string of the molecule is CCCC(O)c1noc(-c2cn[nH]c2)n1. The first-order valence-electron chi connectivity index (χ1n) is 4.82. The summed E-state index contributed by atoms with van der Waals surface area (Å²) in [5.41, 5.74) is 0.720. The Hall–Kier alpha value is -1.69. The molecule has 2 rings (SSSR count). The molecule has 1 unspecified atom stereocenters. The Kier molecular flexibility index (Phi) is 2.77. The van der Waals surface area contributed by atoms with Crippen LogP contribution < -0.4 is 0 Å². The van der Waals surface area contributed by atoms with Gasteiger partial charge in [-0.15, -0.1) is 0 Å². The van der Waals surface area contributed by atoms with Gasteiger partial charge < -0.3 is 9.63 Å². The van der Waals surface area contributed by atoms with Crippen molar-refractivity contribution in [2.45, 2.75) is 25.9 Å². The highest BCUT2D eigenvalue weighted by atomic mass is 16.5. The van der Waals surface area contributed by atoms with Crippen molar-refractivity contribution in [2.75, 3.05) is 0 Å². The second-order valence-corrected chi connectivity index (χ2v) is 3.25. The van der Waals surface area contributed by atoms with Crippen LogP contribution in [0.25, 0.3) is 11.5 Å². The standard InChI is InChI=1S/C9H12N4O2/c1-2-3-7(14)8-12-9(15-13-8)6-4-10-11-5-6/h4-5,7,14H,2-3H2,1H3,(H,10,11). The number of aromatic nitrogens is 4. The molecule has 0 radical (unpaired) electrons. The second-order valence-electron chi connectivity index (χ2n) is 3.25. The van der Waals surface area contributed by atoms with Gasteiger partial charge in [-0.1, -0.05) is 18.5 Å². The molecule has 15 heavy (non-hydrogen) atoms. The maximum Gasteiger partial charge on any atom is 0.261 e. The van der Waals surface area contributed by atoms with Crippen molar-refractivity contribution in [2.24, 2.45) is 0 Å². The smallest absolute Gasteiger partial charge is 0.261 e. The average Bonchev–Trinajstić information content (AvgIpc) is 2.89. The molecule has 0 aliphatic heterocycles. The Labute approximate surface area is 86.3 Å². The highest BCUT2D eigenvalue weighted by Gasteiger charge is 2.15. The molecule has 2 aromatic rings. The van der Waals surface area contributed by atoms with Crippen LogP contribution in [0.1, 0.15) is 31.7 Å². The van der Waals surface area contributed by atoms with Gasteiger partial charge in [0.05, 0.1) is 11.8 Å². The summed E-state index contributed by atoms with van der Waals surface area (Å²) in [5.74, 6) is 0.696. The number of rotatable bonds is 4. The van der Waals surface area contributed by atoms with Crippen molar-refractivity contribution in [1.82, 2.24) is 20.3 Å². The molecule has 2 N–H and O–H groups in total. The second kappa shape index (κ2) is 4.22. The topological polar surface area (TPSA) is 87.8 Å². The number of nitrogens with zero attached hydrogens (tertiary/aromatic N) is 3. The zero-order chi connectivity index (χ0) is 10.7. The minimum Gasteiger partial charge on any atom is -0.385 e. The van der Waals surface area contributed by atoms with Crippen molar-refractivity contribution >= 4 is 0 Å². The summed E-state index contributed by atoms with van der Waals surface area (Å²) < 4.78 is 5.00. The van der Waals surface area contributed by atoms with Crippen LogP contribution >= 0.6 is 0 Å². The first-order chi connectivity index (χ1) is 7.31. The molecule has 6 nitrogen and oxygen atoms in total. The summed E-state index contributed by atoms with van der Waals surface area (Å²) in [5, 5.41) is 19.8. The van der Waals surface area contributed by atoms with Crippen LogP contribution in [0.5, 0.6) is 0 Å². The lowest BCUT2D eigenvalue weighted by Gasteiger charge is -2.00. The third-order valence-electron chi connectivity index (χ3n) is 2.05. The molecule has 0 spiro atoms. The molecular formula is C9H12N4O2. The fourth-order valence-corrected chi connectivity index (χ4v) is 1.26. The van der Waals surface area contributed by atoms with Gasteiger partial charge in [0.2, 0.25) is 5.82 Å². The van der Waals surface area contributed by atoms with Crippen LogP contribution in [0.3, 0.4) is 0 Å². The zero-order valence-corrected chi connectivity index (χ0v) is 8.34. The molecule has 0 aliphatic carbocycles. The summed E-state index contributed by atoms with van der Waals surface area (Å²) in [4.78, 5) is 4.08. The highest BCUT2D eigenvalue weighted by molar-refractivity contribution is 5.48. The quantitative estimate of drug-likeness (QED) is 0.790. The number of hydrogen-bond acceptors (Lipinski definition) is 5. The van der Waals surface area contributed by atoms with Gasteiger partial charge >= 0.3 is 0 Å². The van der Waals surface area contributed by atoms with Crippen LogP contribution in [0.2, 0.25) is 0 Å². The van der Waals surface area contributed by atoms with E-state index in [0.717, 1.165) is 12.0 Å². The number of hydrogen-bond donors (Lipinski definition) is 2. The maximum atomic E-state index is 9.62. The number of nitrogens with one attached hydrogen (secondary N) is 1. The van der Waals surface area contributed by atoms with Crippen molar-refractivity contribution < 1.29 is 9.63 Å². The lowest BCUT2D eigenvalue weighted by atomic mass is 10.2. The lowest BCUT2D eigenvalue weighted by Crippen LogP contribution is -1.98. The number of aliphatic hydroxyl groups excluding tert-OH is 1. The lowest BCUT2D eigenvalue weighted by molar-refractivity contribution is 0.153. The fraction of sp³-hybridized carbons (Fsp3) is 0.444. The molecule has 6 heteroatoms. The maximum absolute atomic E-state index is 9.62. The number of aliphatic hydroxyl groups is 1. The Bertz CT molecular complexity index is 409. The van der Waals surface area contributed by atoms with E-state index in [1.807, 2.05) is 6.92 Å². The first-order valence-corrected chi connectivity index (χ1v) is 4.82. The predicted octanol–water partition coefficient (Wildman–Crippen LogP) is 1.29. The van der Waals surface area contributed by atoms with Crippen LogP contribution in [0.4, 0.5) is 0 Å². The van der Waals surface area contributed by atoms with Crippen molar-refractivity contribution in [1.29, 1.82) is 0 Å². The molecule has 0 saturated heterocycles. The van der Waals surface area contributed by atoms with Gasteiger partial charge in [0, 0.05) is 6.20 Å². The van der Waals surface area contributed by atoms with Crippen molar-refractivity contribution in [3.05, 3.63) is 18.2 Å². The van der Waals surface area contributed by atoms with Gasteiger partial charge in [0.25, 0.3) is 5.89 Å². The molecule has 80 valence electrons. The minimum atomic E-state index is -0.653. The van der Waals surface area contributed by atoms with Gasteiger partial charge in [0.1, 0.15) is 6.10 Å². The molecule has 0 fully saturated rings. The summed E-state index contributed by atoms with van der Waals surface area (Å²) in [7, 11) is 0. The van der Waals surface area contributed by atoms with Crippen LogP contribution in [-0.4, -0.2) is 25.4 Å². The first kappa shape index (κ1) is 9.85. The van der Waals surface area contributed by atoms with E-state index in [2.05, 4.69) is 20.3 Å². The van der Waals surface area contributed by atoms with Crippen LogP contribution in [0, 0.1) is 0 Å². The summed E-state index contributed by atoms with van der Waals surface area (Å²) >= 11 is 0. The van der Waals surface area contributed by atoms with E-state index in [1.54, 1.807) is 12.4 Å². The van der Waals surface area contributed by atoms with Crippen molar-refractivity contribution in [3.63, 3.8) is 0 Å². The van der Waals surface area contributed by atoms with Gasteiger partial charge in [-0.25, -0.2) is 0 Å². The minimum absolute atomic E-state index is 0.327. The Morgan fingerprint density at radius 3 is 3.13 bits per heavy atom. The van der Waals surface area contributed by atoms with E-state index in [0.29, 0.717) is 18.1 Å². The van der Waals surface area contributed by atoms with Crippen LogP contribution in [0.15, 0.2) is 16.9 Å². The molecule has 1 atom stereocenters. The average molecular weight is 208 g/mol. The van der Waals surface area contributed by atoms with Crippen LogP contribution in [-0.2, 0) is 0 Å². The van der Waals surface area contributed by atoms with E-state index >= 15 is 0 Å². The number of H-pyrrole nitrogens is 1. The van der Waals surface area contributed by atoms with E-state index in [-0.39, 0.29) is 0 Å². The summed E-state index contributed by atoms with van der Waals surface area (Å²) in [6.45, 7) is 1.99. The highest BCUT2D eigenvalue weighted by Crippen LogP contribution is 2.19. The third kappa shape index (κ3) is 2.04. The zero-order valence-electron chi connectivity index (χ0n) is 8.34. The monoisotopic (exact) mass is 208 g/mol.